The lowest BCUT2D eigenvalue weighted by molar-refractivity contribution is -0.0365. The van der Waals surface area contributed by atoms with Gasteiger partial charge in [-0.2, -0.15) is 18.9 Å². The van der Waals surface area contributed by atoms with Crippen LogP contribution in [0.3, 0.4) is 0 Å². The van der Waals surface area contributed by atoms with Crippen molar-refractivity contribution in [3.05, 3.63) is 70.2 Å². The monoisotopic (exact) mass is 504 g/mol. The summed E-state index contributed by atoms with van der Waals surface area (Å²) in [5.41, 5.74) is 1.77. The fraction of sp³-hybridized carbons (Fsp3) is 0.292. The summed E-state index contributed by atoms with van der Waals surface area (Å²) in [6.45, 7) is 2.45. The number of halogens is 4. The van der Waals surface area contributed by atoms with E-state index in [9.17, 15) is 8.78 Å². The van der Waals surface area contributed by atoms with Gasteiger partial charge in [-0.25, -0.2) is 4.68 Å². The normalized spacial score (nSPS) is 17.1. The van der Waals surface area contributed by atoms with E-state index in [0.29, 0.717) is 39.0 Å². The fourth-order valence-electron chi connectivity index (χ4n) is 4.19. The van der Waals surface area contributed by atoms with Crippen LogP contribution in [0, 0.1) is 11.9 Å². The Balaban J connectivity index is 1.59. The van der Waals surface area contributed by atoms with Crippen LogP contribution in [0.15, 0.2) is 42.7 Å². The van der Waals surface area contributed by atoms with Crippen LogP contribution in [0.2, 0.25) is 10.0 Å². The highest BCUT2D eigenvalue weighted by atomic mass is 35.5. The molecule has 0 radical (unpaired) electrons. The summed E-state index contributed by atoms with van der Waals surface area (Å²) in [5, 5.41) is 6.07. The minimum atomic E-state index is -0.939. The molecule has 10 heteroatoms. The van der Waals surface area contributed by atoms with E-state index in [1.54, 1.807) is 16.8 Å². The Bertz CT molecular complexity index is 1340. The summed E-state index contributed by atoms with van der Waals surface area (Å²) in [5.74, 6) is -1.33. The van der Waals surface area contributed by atoms with Crippen molar-refractivity contribution in [3.8, 4) is 17.0 Å². The molecule has 1 unspecified atom stereocenters. The quantitative estimate of drug-likeness (QED) is 0.276. The summed E-state index contributed by atoms with van der Waals surface area (Å²) in [6.07, 6.45) is 5.01. The maximum absolute atomic E-state index is 14.6. The Kier molecular flexibility index (Phi) is 6.38. The van der Waals surface area contributed by atoms with Gasteiger partial charge >= 0.3 is 0 Å². The van der Waals surface area contributed by atoms with Gasteiger partial charge in [0.15, 0.2) is 6.23 Å². The van der Waals surface area contributed by atoms with E-state index in [0.717, 1.165) is 30.8 Å². The van der Waals surface area contributed by atoms with Gasteiger partial charge in [0.1, 0.15) is 17.5 Å². The zero-order chi connectivity index (χ0) is 23.8. The van der Waals surface area contributed by atoms with Crippen LogP contribution >= 0.6 is 23.2 Å². The number of benzene rings is 1. The summed E-state index contributed by atoms with van der Waals surface area (Å²) < 4.78 is 41.9. The number of rotatable bonds is 5. The van der Waals surface area contributed by atoms with E-state index in [4.69, 9.17) is 32.7 Å². The number of pyridine rings is 2. The van der Waals surface area contributed by atoms with Crippen LogP contribution < -0.4 is 4.74 Å². The fourth-order valence-corrected chi connectivity index (χ4v) is 4.86. The standard InChI is InChI=1S/C24H20Cl2F2N4O2/c1-13(22-17(25)11-29-12-18(22)26)34-14-5-7-19-16(10-14)23(15-6-8-20(27)30-24(15)28)31-32(19)21-4-2-3-9-33-21/h5-8,10-13,21H,2-4,9H2,1H3/t13-,21?/m1/s1. The lowest BCUT2D eigenvalue weighted by Gasteiger charge is -2.23. The van der Waals surface area contributed by atoms with Crippen LogP contribution in [-0.2, 0) is 4.74 Å². The molecule has 0 N–H and O–H groups in total. The predicted molar refractivity (Wildman–Crippen MR) is 125 cm³/mol. The van der Waals surface area contributed by atoms with Gasteiger partial charge in [0, 0.05) is 30.0 Å². The third-order valence-corrected chi connectivity index (χ3v) is 6.39. The summed E-state index contributed by atoms with van der Waals surface area (Å²) >= 11 is 12.6. The molecule has 0 spiro atoms. The second kappa shape index (κ2) is 9.44. The Morgan fingerprint density at radius 3 is 2.62 bits per heavy atom. The zero-order valence-corrected chi connectivity index (χ0v) is 19.7. The maximum atomic E-state index is 14.6. The van der Waals surface area contributed by atoms with Crippen molar-refractivity contribution in [2.75, 3.05) is 6.61 Å². The average molecular weight is 505 g/mol. The van der Waals surface area contributed by atoms with Gasteiger partial charge in [-0.05, 0) is 56.5 Å². The first-order chi connectivity index (χ1) is 16.4. The summed E-state index contributed by atoms with van der Waals surface area (Å²) in [7, 11) is 0. The molecule has 4 heterocycles. The van der Waals surface area contributed by atoms with Gasteiger partial charge in [-0.1, -0.05) is 23.2 Å². The number of nitrogens with zero attached hydrogens (tertiary/aromatic N) is 4. The molecule has 4 aromatic rings. The molecule has 5 rings (SSSR count). The Morgan fingerprint density at radius 1 is 1.12 bits per heavy atom. The third kappa shape index (κ3) is 4.33. The first kappa shape index (κ1) is 23.0. The minimum absolute atomic E-state index is 0.0892. The molecule has 2 atom stereocenters. The zero-order valence-electron chi connectivity index (χ0n) is 18.1. The van der Waals surface area contributed by atoms with Gasteiger partial charge in [-0.3, -0.25) is 4.98 Å². The molecule has 176 valence electrons. The molecular weight excluding hydrogens is 485 g/mol. The first-order valence-electron chi connectivity index (χ1n) is 10.8. The second-order valence-electron chi connectivity index (χ2n) is 8.04. The van der Waals surface area contributed by atoms with Gasteiger partial charge in [0.05, 0.1) is 21.1 Å². The van der Waals surface area contributed by atoms with E-state index >= 15 is 0 Å². The van der Waals surface area contributed by atoms with Crippen molar-refractivity contribution in [2.24, 2.45) is 0 Å². The average Bonchev–Trinajstić information content (AvgIpc) is 3.18. The predicted octanol–water partition coefficient (Wildman–Crippen LogP) is 6.92. The third-order valence-electron chi connectivity index (χ3n) is 5.79. The van der Waals surface area contributed by atoms with Gasteiger partial charge in [-0.15, -0.1) is 0 Å². The molecule has 3 aromatic heterocycles. The van der Waals surface area contributed by atoms with Crippen LogP contribution in [0.5, 0.6) is 5.75 Å². The SMILES string of the molecule is C[C@@H](Oc1ccc2c(c1)c(-c1ccc(F)nc1F)nn2C1CCCCO1)c1c(Cl)cncc1Cl. The lowest BCUT2D eigenvalue weighted by Crippen LogP contribution is -2.19. The molecule has 6 nitrogen and oxygen atoms in total. The van der Waals surface area contributed by atoms with Crippen molar-refractivity contribution < 1.29 is 18.3 Å². The van der Waals surface area contributed by atoms with Crippen LogP contribution in [-0.4, -0.2) is 26.4 Å². The topological polar surface area (TPSA) is 62.1 Å². The largest absolute Gasteiger partial charge is 0.486 e. The highest BCUT2D eigenvalue weighted by Gasteiger charge is 2.24. The number of fused-ring (bicyclic) bond motifs is 1. The summed E-state index contributed by atoms with van der Waals surface area (Å²) in [4.78, 5) is 7.30. The molecule has 1 aromatic carbocycles. The van der Waals surface area contributed by atoms with E-state index < -0.39 is 18.0 Å². The van der Waals surface area contributed by atoms with Crippen LogP contribution in [0.25, 0.3) is 22.2 Å². The Labute approximate surface area is 204 Å². The van der Waals surface area contributed by atoms with Crippen molar-refractivity contribution in [3.63, 3.8) is 0 Å². The van der Waals surface area contributed by atoms with Crippen LogP contribution in [0.1, 0.15) is 44.1 Å². The molecule has 1 aliphatic rings. The molecule has 0 aliphatic carbocycles. The minimum Gasteiger partial charge on any atom is -0.486 e. The van der Waals surface area contributed by atoms with Crippen molar-refractivity contribution in [2.45, 2.75) is 38.5 Å². The van der Waals surface area contributed by atoms with Gasteiger partial charge in [0.25, 0.3) is 0 Å². The Morgan fingerprint density at radius 2 is 1.91 bits per heavy atom. The summed E-state index contributed by atoms with van der Waals surface area (Å²) in [6, 6.07) is 7.84. The van der Waals surface area contributed by atoms with Gasteiger partial charge < -0.3 is 9.47 Å². The number of hydrogen-bond acceptors (Lipinski definition) is 5. The molecule has 0 saturated carbocycles. The highest BCUT2D eigenvalue weighted by Crippen LogP contribution is 2.37. The second-order valence-corrected chi connectivity index (χ2v) is 8.86. The first-order valence-corrected chi connectivity index (χ1v) is 11.6. The Hall–Kier alpha value is -2.81. The lowest BCUT2D eigenvalue weighted by atomic mass is 10.1. The molecule has 0 bridgehead atoms. The molecule has 0 amide bonds. The number of aromatic nitrogens is 4. The highest BCUT2D eigenvalue weighted by molar-refractivity contribution is 6.35. The van der Waals surface area contributed by atoms with Crippen molar-refractivity contribution in [1.29, 1.82) is 0 Å². The smallest absolute Gasteiger partial charge is 0.225 e. The molecule has 1 saturated heterocycles. The van der Waals surface area contributed by atoms with Crippen molar-refractivity contribution >= 4 is 34.1 Å². The number of ether oxygens (including phenoxy) is 2. The van der Waals surface area contributed by atoms with Gasteiger partial charge in [0.2, 0.25) is 11.9 Å². The van der Waals surface area contributed by atoms with E-state index in [1.165, 1.54) is 18.5 Å². The van der Waals surface area contributed by atoms with E-state index in [1.807, 2.05) is 13.0 Å². The molecule has 34 heavy (non-hydrogen) atoms. The number of hydrogen-bond donors (Lipinski definition) is 0. The molecule has 1 aliphatic heterocycles. The van der Waals surface area contributed by atoms with E-state index in [-0.39, 0.29) is 11.8 Å². The molecule has 1 fully saturated rings. The van der Waals surface area contributed by atoms with E-state index in [2.05, 4.69) is 15.1 Å². The molecular formula is C24H20Cl2F2N4O2. The van der Waals surface area contributed by atoms with Crippen molar-refractivity contribution in [1.82, 2.24) is 19.7 Å². The maximum Gasteiger partial charge on any atom is 0.225 e. The van der Waals surface area contributed by atoms with Crippen LogP contribution in [0.4, 0.5) is 8.78 Å².